The number of aryl methyl sites for hydroxylation is 1. The Hall–Kier alpha value is -3.75. The van der Waals surface area contributed by atoms with Gasteiger partial charge in [0.2, 0.25) is 5.78 Å². The molecule has 144 valence electrons. The van der Waals surface area contributed by atoms with Gasteiger partial charge in [0.1, 0.15) is 29.6 Å². The van der Waals surface area contributed by atoms with Gasteiger partial charge in [-0.3, -0.25) is 19.6 Å². The first-order chi connectivity index (χ1) is 13.5. The van der Waals surface area contributed by atoms with Gasteiger partial charge in [0, 0.05) is 24.9 Å². The molecule has 8 nitrogen and oxygen atoms in total. The maximum atomic E-state index is 13.3. The van der Waals surface area contributed by atoms with Crippen molar-refractivity contribution in [2.45, 2.75) is 20.1 Å². The monoisotopic (exact) mass is 385 g/mol. The number of aromatic nitrogens is 2. The first-order valence-corrected chi connectivity index (χ1v) is 8.37. The summed E-state index contributed by atoms with van der Waals surface area (Å²) in [6.07, 6.45) is 4.54. The molecule has 0 saturated heterocycles. The number of nitro benzene ring substituents is 1. The lowest BCUT2D eigenvalue weighted by Gasteiger charge is -2.05. The van der Waals surface area contributed by atoms with Crippen LogP contribution < -0.4 is 4.74 Å². The van der Waals surface area contributed by atoms with Gasteiger partial charge in [0.05, 0.1) is 4.92 Å². The summed E-state index contributed by atoms with van der Waals surface area (Å²) in [6, 6.07) is 7.81. The highest BCUT2D eigenvalue weighted by molar-refractivity contribution is 6.05. The number of ketones is 1. The molecule has 0 aliphatic rings. The van der Waals surface area contributed by atoms with E-state index in [9.17, 15) is 19.3 Å². The minimum atomic E-state index is -0.656. The molecule has 28 heavy (non-hydrogen) atoms. The maximum absolute atomic E-state index is 13.3. The van der Waals surface area contributed by atoms with Crippen LogP contribution in [0.25, 0.3) is 6.08 Å². The van der Waals surface area contributed by atoms with E-state index in [1.165, 1.54) is 12.2 Å². The number of allylic oxidation sites excluding steroid dienone is 1. The number of halogens is 1. The third-order valence-corrected chi connectivity index (χ3v) is 3.79. The standard InChI is InChI=1S/C19H16FN3O5/c1-2-22-10-9-16(21-22)18(24)8-6-14-4-5-15(28-14)12-27-19-11-13(20)3-7-17(19)23(25)26/h3-11H,2,12H2,1H3/b8-6+. The molecule has 0 amide bonds. The van der Waals surface area contributed by atoms with E-state index < -0.39 is 10.7 Å². The van der Waals surface area contributed by atoms with Crippen LogP contribution in [-0.4, -0.2) is 20.5 Å². The number of furan rings is 1. The summed E-state index contributed by atoms with van der Waals surface area (Å²) >= 11 is 0. The molecule has 9 heteroatoms. The van der Waals surface area contributed by atoms with Crippen LogP contribution in [0.3, 0.4) is 0 Å². The first kappa shape index (κ1) is 19.0. The van der Waals surface area contributed by atoms with E-state index in [0.29, 0.717) is 23.8 Å². The fraction of sp³-hybridized carbons (Fsp3) is 0.158. The van der Waals surface area contributed by atoms with Crippen LogP contribution in [0.15, 0.2) is 53.1 Å². The van der Waals surface area contributed by atoms with E-state index in [2.05, 4.69) is 5.10 Å². The molecule has 3 rings (SSSR count). The summed E-state index contributed by atoms with van der Waals surface area (Å²) in [5.41, 5.74) is -0.0168. The highest BCUT2D eigenvalue weighted by atomic mass is 19.1. The second-order valence-electron chi connectivity index (χ2n) is 5.72. The Labute approximate surface area is 159 Å². The van der Waals surface area contributed by atoms with Crippen molar-refractivity contribution in [3.63, 3.8) is 0 Å². The van der Waals surface area contributed by atoms with Crippen LogP contribution in [0.1, 0.15) is 28.9 Å². The summed E-state index contributed by atoms with van der Waals surface area (Å²) in [4.78, 5) is 22.4. The van der Waals surface area contributed by atoms with Crippen LogP contribution in [0.2, 0.25) is 0 Å². The van der Waals surface area contributed by atoms with Crippen LogP contribution in [0.4, 0.5) is 10.1 Å². The number of hydrogen-bond acceptors (Lipinski definition) is 6. The Balaban J connectivity index is 1.64. The third-order valence-electron chi connectivity index (χ3n) is 3.79. The summed E-state index contributed by atoms with van der Waals surface area (Å²) in [5.74, 6) is -0.346. The molecule has 3 aromatic rings. The van der Waals surface area contributed by atoms with Crippen LogP contribution in [-0.2, 0) is 13.2 Å². The summed E-state index contributed by atoms with van der Waals surface area (Å²) < 4.78 is 25.8. The maximum Gasteiger partial charge on any atom is 0.311 e. The zero-order valence-electron chi connectivity index (χ0n) is 14.9. The van der Waals surface area contributed by atoms with Gasteiger partial charge in [-0.25, -0.2) is 4.39 Å². The molecule has 2 heterocycles. The molecule has 0 aliphatic heterocycles. The molecule has 0 saturated carbocycles. The molecule has 0 unspecified atom stereocenters. The molecule has 0 aliphatic carbocycles. The van der Waals surface area contributed by atoms with E-state index in [1.54, 1.807) is 29.1 Å². The number of carbonyl (C=O) groups is 1. The number of rotatable bonds is 8. The van der Waals surface area contributed by atoms with E-state index in [4.69, 9.17) is 9.15 Å². The molecule has 0 N–H and O–H groups in total. The summed E-state index contributed by atoms with van der Waals surface area (Å²) in [6.45, 7) is 2.46. The Morgan fingerprint density at radius 1 is 1.36 bits per heavy atom. The van der Waals surface area contributed by atoms with Gasteiger partial charge < -0.3 is 9.15 Å². The van der Waals surface area contributed by atoms with Crippen LogP contribution in [0.5, 0.6) is 5.75 Å². The van der Waals surface area contributed by atoms with Crippen molar-refractivity contribution in [3.05, 3.63) is 81.8 Å². The van der Waals surface area contributed by atoms with Crippen LogP contribution in [0, 0.1) is 15.9 Å². The number of nitrogens with zero attached hydrogens (tertiary/aromatic N) is 3. The van der Waals surface area contributed by atoms with Crippen molar-refractivity contribution in [1.29, 1.82) is 0 Å². The van der Waals surface area contributed by atoms with E-state index in [0.717, 1.165) is 18.2 Å². The van der Waals surface area contributed by atoms with Gasteiger partial charge in [-0.1, -0.05) is 0 Å². The molecule has 0 fully saturated rings. The third kappa shape index (κ3) is 4.50. The predicted octanol–water partition coefficient (Wildman–Crippen LogP) is 4.02. The lowest BCUT2D eigenvalue weighted by atomic mass is 10.2. The van der Waals surface area contributed by atoms with Crippen LogP contribution >= 0.6 is 0 Å². The zero-order chi connectivity index (χ0) is 20.1. The zero-order valence-corrected chi connectivity index (χ0v) is 14.9. The Kier molecular flexibility index (Phi) is 5.64. The predicted molar refractivity (Wildman–Crippen MR) is 97.4 cm³/mol. The molecule has 0 spiro atoms. The topological polar surface area (TPSA) is 100 Å². The smallest absolute Gasteiger partial charge is 0.311 e. The van der Waals surface area contributed by atoms with Gasteiger partial charge in [-0.05, 0) is 43.3 Å². The lowest BCUT2D eigenvalue weighted by molar-refractivity contribution is -0.386. The van der Waals surface area contributed by atoms with E-state index in [-0.39, 0.29) is 23.8 Å². The first-order valence-electron chi connectivity index (χ1n) is 8.37. The largest absolute Gasteiger partial charge is 0.479 e. The number of nitro groups is 1. The Morgan fingerprint density at radius 3 is 2.89 bits per heavy atom. The molecule has 1 aromatic carbocycles. The van der Waals surface area contributed by atoms with Crippen molar-refractivity contribution in [3.8, 4) is 5.75 Å². The molecule has 0 bridgehead atoms. The molecular weight excluding hydrogens is 369 g/mol. The number of benzene rings is 1. The second-order valence-corrected chi connectivity index (χ2v) is 5.72. The minimum absolute atomic E-state index is 0.132. The average Bonchev–Trinajstić information content (AvgIpc) is 3.33. The van der Waals surface area contributed by atoms with Gasteiger partial charge in [-0.2, -0.15) is 5.10 Å². The van der Waals surface area contributed by atoms with E-state index >= 15 is 0 Å². The SMILES string of the molecule is CCn1ccc(C(=O)/C=C/c2ccc(COc3cc(F)ccc3[N+](=O)[O-])o2)n1. The number of carbonyl (C=O) groups excluding carboxylic acids is 1. The lowest BCUT2D eigenvalue weighted by Crippen LogP contribution is -1.99. The summed E-state index contributed by atoms with van der Waals surface area (Å²) in [5, 5.41) is 15.1. The van der Waals surface area contributed by atoms with Crippen molar-refractivity contribution < 1.29 is 23.3 Å². The average molecular weight is 385 g/mol. The fourth-order valence-electron chi connectivity index (χ4n) is 2.38. The second kappa shape index (κ2) is 8.30. The van der Waals surface area contributed by atoms with Crippen molar-refractivity contribution in [2.24, 2.45) is 0 Å². The quantitative estimate of drug-likeness (QED) is 0.251. The highest BCUT2D eigenvalue weighted by Crippen LogP contribution is 2.28. The molecular formula is C19H16FN3O5. The van der Waals surface area contributed by atoms with Crippen molar-refractivity contribution >= 4 is 17.5 Å². The van der Waals surface area contributed by atoms with Gasteiger partial charge in [0.25, 0.3) is 0 Å². The van der Waals surface area contributed by atoms with Crippen molar-refractivity contribution in [1.82, 2.24) is 9.78 Å². The fourth-order valence-corrected chi connectivity index (χ4v) is 2.38. The highest BCUT2D eigenvalue weighted by Gasteiger charge is 2.16. The van der Waals surface area contributed by atoms with Gasteiger partial charge in [-0.15, -0.1) is 0 Å². The minimum Gasteiger partial charge on any atom is -0.479 e. The molecule has 0 atom stereocenters. The Bertz CT molecular complexity index is 1040. The molecule has 0 radical (unpaired) electrons. The number of hydrogen-bond donors (Lipinski definition) is 0. The summed E-state index contributed by atoms with van der Waals surface area (Å²) in [7, 11) is 0. The van der Waals surface area contributed by atoms with Gasteiger partial charge in [0.15, 0.2) is 5.75 Å². The van der Waals surface area contributed by atoms with Crippen molar-refractivity contribution in [2.75, 3.05) is 0 Å². The number of ether oxygens (including phenoxy) is 1. The van der Waals surface area contributed by atoms with Gasteiger partial charge >= 0.3 is 5.69 Å². The normalized spacial score (nSPS) is 11.1. The van der Waals surface area contributed by atoms with E-state index in [1.807, 2.05) is 6.92 Å². The Morgan fingerprint density at radius 2 is 2.18 bits per heavy atom. The molecule has 2 aromatic heterocycles.